The Bertz CT molecular complexity index is 928. The molecule has 2 nitrogen and oxygen atoms in total. The van der Waals surface area contributed by atoms with E-state index in [4.69, 9.17) is 0 Å². The molecule has 2 aromatic carbocycles. The molecule has 0 spiro atoms. The molecule has 0 aliphatic rings. The third-order valence-corrected chi connectivity index (χ3v) is 4.34. The van der Waals surface area contributed by atoms with Crippen LogP contribution in [0, 0.1) is 13.8 Å². The average Bonchev–Trinajstić information content (AvgIpc) is 2.54. The summed E-state index contributed by atoms with van der Waals surface area (Å²) in [5.41, 5.74) is 4.26. The second-order valence-electron chi connectivity index (χ2n) is 5.47. The van der Waals surface area contributed by atoms with Crippen molar-refractivity contribution in [1.82, 2.24) is 4.98 Å². The minimum absolute atomic E-state index is 0.0326. The first-order valence-electron chi connectivity index (χ1n) is 7.44. The van der Waals surface area contributed by atoms with Gasteiger partial charge in [-0.05, 0) is 49.3 Å². The van der Waals surface area contributed by atoms with Crippen molar-refractivity contribution in [2.24, 2.45) is 0 Å². The Morgan fingerprint density at radius 1 is 1.04 bits per heavy atom. The first kappa shape index (κ1) is 15.5. The van der Waals surface area contributed by atoms with Crippen LogP contribution in [0.15, 0.2) is 59.5 Å². The highest BCUT2D eigenvalue weighted by molar-refractivity contribution is 7.80. The number of pyridine rings is 1. The van der Waals surface area contributed by atoms with Crippen LogP contribution in [-0.2, 0) is 0 Å². The number of hydrogen-bond donors (Lipinski definition) is 1. The van der Waals surface area contributed by atoms with E-state index >= 15 is 0 Å². The molecule has 1 heterocycles. The normalized spacial score (nSPS) is 11.3. The van der Waals surface area contributed by atoms with Gasteiger partial charge in [-0.25, -0.2) is 0 Å². The zero-order valence-corrected chi connectivity index (χ0v) is 14.0. The summed E-state index contributed by atoms with van der Waals surface area (Å²) in [6.07, 6.45) is 3.40. The van der Waals surface area contributed by atoms with Crippen LogP contribution in [0.4, 0.5) is 0 Å². The maximum Gasteiger partial charge on any atom is 0.187 e. The number of para-hydroxylation sites is 1. The van der Waals surface area contributed by atoms with Crippen molar-refractivity contribution < 1.29 is 4.79 Å². The maximum atomic E-state index is 12.7. The fraction of sp³-hybridized carbons (Fsp3) is 0.100. The van der Waals surface area contributed by atoms with Crippen LogP contribution in [0.3, 0.4) is 0 Å². The van der Waals surface area contributed by atoms with Gasteiger partial charge in [-0.3, -0.25) is 9.78 Å². The number of aromatic nitrogens is 1. The van der Waals surface area contributed by atoms with E-state index in [1.54, 1.807) is 12.2 Å². The van der Waals surface area contributed by atoms with Gasteiger partial charge in [0.25, 0.3) is 0 Å². The molecule has 0 fully saturated rings. The predicted octanol–water partition coefficient (Wildman–Crippen LogP) is 5.04. The lowest BCUT2D eigenvalue weighted by Gasteiger charge is -2.10. The van der Waals surface area contributed by atoms with Crippen LogP contribution in [0.2, 0.25) is 0 Å². The molecule has 23 heavy (non-hydrogen) atoms. The van der Waals surface area contributed by atoms with Gasteiger partial charge in [0.15, 0.2) is 5.78 Å². The van der Waals surface area contributed by atoms with Gasteiger partial charge in [0.05, 0.1) is 5.52 Å². The highest BCUT2D eigenvalue weighted by Crippen LogP contribution is 2.23. The molecule has 0 aliphatic carbocycles. The second-order valence-corrected chi connectivity index (χ2v) is 5.95. The monoisotopic (exact) mass is 319 g/mol. The molecule has 0 bridgehead atoms. The topological polar surface area (TPSA) is 30.0 Å². The van der Waals surface area contributed by atoms with Crippen LogP contribution in [-0.4, -0.2) is 10.8 Å². The third-order valence-electron chi connectivity index (χ3n) is 3.93. The number of aryl methyl sites for hydroxylation is 2. The SMILES string of the molecule is Cc1nc2ccccc2c(C)c1C(=O)C=Cc1ccccc1S. The van der Waals surface area contributed by atoms with Gasteiger partial charge < -0.3 is 0 Å². The standard InChI is InChI=1S/C20H17NOS/c1-13-16-8-4-5-9-17(16)21-14(2)20(13)18(22)12-11-15-7-3-6-10-19(15)23/h3-12,23H,1-2H3. The van der Waals surface area contributed by atoms with Gasteiger partial charge in [-0.2, -0.15) is 0 Å². The van der Waals surface area contributed by atoms with Crippen molar-refractivity contribution in [1.29, 1.82) is 0 Å². The molecule has 0 N–H and O–H groups in total. The summed E-state index contributed by atoms with van der Waals surface area (Å²) >= 11 is 4.40. The number of fused-ring (bicyclic) bond motifs is 1. The van der Waals surface area contributed by atoms with E-state index < -0.39 is 0 Å². The number of carbonyl (C=O) groups excluding carboxylic acids is 1. The lowest BCUT2D eigenvalue weighted by Crippen LogP contribution is -2.04. The number of allylic oxidation sites excluding steroid dienone is 1. The molecule has 0 saturated heterocycles. The lowest BCUT2D eigenvalue weighted by atomic mass is 9.98. The molecule has 0 radical (unpaired) electrons. The average molecular weight is 319 g/mol. The van der Waals surface area contributed by atoms with Crippen molar-refractivity contribution in [2.75, 3.05) is 0 Å². The summed E-state index contributed by atoms with van der Waals surface area (Å²) in [7, 11) is 0. The van der Waals surface area contributed by atoms with E-state index in [0.29, 0.717) is 5.56 Å². The highest BCUT2D eigenvalue weighted by atomic mass is 32.1. The van der Waals surface area contributed by atoms with Crippen molar-refractivity contribution in [2.45, 2.75) is 18.7 Å². The molecule has 0 amide bonds. The second kappa shape index (κ2) is 6.39. The molecule has 3 rings (SSSR count). The Balaban J connectivity index is 2.03. The number of carbonyl (C=O) groups is 1. The van der Waals surface area contributed by atoms with E-state index in [9.17, 15) is 4.79 Å². The Hall–Kier alpha value is -2.39. The zero-order chi connectivity index (χ0) is 16.4. The molecular weight excluding hydrogens is 302 g/mol. The quantitative estimate of drug-likeness (QED) is 0.416. The van der Waals surface area contributed by atoms with Gasteiger partial charge in [0.2, 0.25) is 0 Å². The van der Waals surface area contributed by atoms with Crippen molar-refractivity contribution in [3.8, 4) is 0 Å². The molecule has 0 saturated carbocycles. The summed E-state index contributed by atoms with van der Waals surface area (Å²) in [6, 6.07) is 15.6. The minimum atomic E-state index is -0.0326. The molecule has 3 aromatic rings. The van der Waals surface area contributed by atoms with Crippen molar-refractivity contribution in [3.63, 3.8) is 0 Å². The summed E-state index contributed by atoms with van der Waals surface area (Å²) in [5.74, 6) is -0.0326. The molecule has 0 unspecified atom stereocenters. The summed E-state index contributed by atoms with van der Waals surface area (Å²) < 4.78 is 0. The fourth-order valence-electron chi connectivity index (χ4n) is 2.77. The van der Waals surface area contributed by atoms with E-state index in [1.807, 2.05) is 62.4 Å². The fourth-order valence-corrected chi connectivity index (χ4v) is 3.01. The number of hydrogen-bond acceptors (Lipinski definition) is 3. The van der Waals surface area contributed by atoms with Gasteiger partial charge in [-0.1, -0.05) is 36.4 Å². The minimum Gasteiger partial charge on any atom is -0.289 e. The Morgan fingerprint density at radius 2 is 1.74 bits per heavy atom. The zero-order valence-electron chi connectivity index (χ0n) is 13.1. The Kier molecular flexibility index (Phi) is 4.30. The first-order valence-corrected chi connectivity index (χ1v) is 7.89. The van der Waals surface area contributed by atoms with Crippen molar-refractivity contribution >= 4 is 35.4 Å². The van der Waals surface area contributed by atoms with E-state index in [0.717, 1.165) is 32.6 Å². The number of thiol groups is 1. The van der Waals surface area contributed by atoms with Gasteiger partial charge in [-0.15, -0.1) is 12.6 Å². The smallest absolute Gasteiger partial charge is 0.187 e. The lowest BCUT2D eigenvalue weighted by molar-refractivity contribution is 0.104. The largest absolute Gasteiger partial charge is 0.289 e. The first-order chi connectivity index (χ1) is 11.1. The predicted molar refractivity (Wildman–Crippen MR) is 98.3 cm³/mol. The number of benzene rings is 2. The molecule has 114 valence electrons. The summed E-state index contributed by atoms with van der Waals surface area (Å²) in [4.78, 5) is 18.1. The molecule has 0 atom stereocenters. The van der Waals surface area contributed by atoms with E-state index in [-0.39, 0.29) is 5.78 Å². The van der Waals surface area contributed by atoms with Crippen LogP contribution in [0.25, 0.3) is 17.0 Å². The Morgan fingerprint density at radius 3 is 2.52 bits per heavy atom. The van der Waals surface area contributed by atoms with E-state index in [2.05, 4.69) is 17.6 Å². The van der Waals surface area contributed by atoms with Crippen LogP contribution in [0.1, 0.15) is 27.2 Å². The van der Waals surface area contributed by atoms with Crippen LogP contribution >= 0.6 is 12.6 Å². The maximum absolute atomic E-state index is 12.7. The van der Waals surface area contributed by atoms with Crippen LogP contribution < -0.4 is 0 Å². The third kappa shape index (κ3) is 3.06. The molecule has 1 aromatic heterocycles. The van der Waals surface area contributed by atoms with Gasteiger partial charge in [0.1, 0.15) is 0 Å². The van der Waals surface area contributed by atoms with Gasteiger partial charge >= 0.3 is 0 Å². The van der Waals surface area contributed by atoms with Crippen molar-refractivity contribution in [3.05, 3.63) is 77.0 Å². The molecule has 0 aliphatic heterocycles. The number of rotatable bonds is 3. The van der Waals surface area contributed by atoms with Crippen LogP contribution in [0.5, 0.6) is 0 Å². The summed E-state index contributed by atoms with van der Waals surface area (Å²) in [6.45, 7) is 3.86. The highest BCUT2D eigenvalue weighted by Gasteiger charge is 2.14. The molecular formula is C20H17NOS. The van der Waals surface area contributed by atoms with Gasteiger partial charge in [0, 0.05) is 21.5 Å². The number of nitrogens with zero attached hydrogens (tertiary/aromatic N) is 1. The summed E-state index contributed by atoms with van der Waals surface area (Å²) in [5, 5.41) is 1.02. The molecule has 3 heteroatoms. The Labute approximate surface area is 141 Å². The number of ketones is 1. The van der Waals surface area contributed by atoms with E-state index in [1.165, 1.54) is 0 Å².